The van der Waals surface area contributed by atoms with Crippen molar-refractivity contribution in [1.82, 2.24) is 19.7 Å². The molecule has 0 fully saturated rings. The fraction of sp³-hybridized carbons (Fsp3) is 0.429. The van der Waals surface area contributed by atoms with Crippen LogP contribution in [-0.2, 0) is 11.3 Å². The Morgan fingerprint density at radius 1 is 1.43 bits per heavy atom. The summed E-state index contributed by atoms with van der Waals surface area (Å²) in [7, 11) is 0. The van der Waals surface area contributed by atoms with Crippen LogP contribution in [0.4, 0.5) is 0 Å². The van der Waals surface area contributed by atoms with Gasteiger partial charge < -0.3 is 5.11 Å². The van der Waals surface area contributed by atoms with E-state index < -0.39 is 5.97 Å². The van der Waals surface area contributed by atoms with Crippen LogP contribution in [0.3, 0.4) is 0 Å². The van der Waals surface area contributed by atoms with E-state index in [1.807, 2.05) is 37.5 Å². The molecule has 6 nitrogen and oxygen atoms in total. The first-order chi connectivity index (χ1) is 9.99. The summed E-state index contributed by atoms with van der Waals surface area (Å²) in [5.74, 6) is 0.153. The summed E-state index contributed by atoms with van der Waals surface area (Å²) in [5.41, 5.74) is 2.03. The first kappa shape index (κ1) is 15.5. The van der Waals surface area contributed by atoms with Crippen LogP contribution < -0.4 is 0 Å². The van der Waals surface area contributed by atoms with Crippen LogP contribution in [0.2, 0.25) is 0 Å². The largest absolute Gasteiger partial charge is 0.481 e. The topological polar surface area (TPSA) is 80.9 Å². The molecule has 7 heteroatoms. The molecule has 0 saturated carbocycles. The number of aromatic nitrogens is 4. The molecule has 0 aliphatic rings. The lowest BCUT2D eigenvalue weighted by molar-refractivity contribution is -0.133. The van der Waals surface area contributed by atoms with E-state index in [0.717, 1.165) is 17.1 Å². The molecular weight excluding hydrogens is 288 g/mol. The third-order valence-corrected chi connectivity index (χ3v) is 3.96. The van der Waals surface area contributed by atoms with E-state index in [2.05, 4.69) is 15.2 Å². The summed E-state index contributed by atoms with van der Waals surface area (Å²) in [6.45, 7) is 6.63. The molecule has 2 rings (SSSR count). The number of carboxylic acid groups (broad SMARTS) is 1. The fourth-order valence-electron chi connectivity index (χ4n) is 1.94. The van der Waals surface area contributed by atoms with Gasteiger partial charge in [0.15, 0.2) is 5.16 Å². The van der Waals surface area contributed by atoms with Crippen molar-refractivity contribution < 1.29 is 9.90 Å². The molecular formula is C14H18N4O2S. The van der Waals surface area contributed by atoms with Crippen molar-refractivity contribution in [2.45, 2.75) is 38.4 Å². The van der Waals surface area contributed by atoms with Crippen molar-refractivity contribution in [3.8, 4) is 0 Å². The van der Waals surface area contributed by atoms with E-state index in [4.69, 9.17) is 5.11 Å². The average molecular weight is 306 g/mol. The highest BCUT2D eigenvalue weighted by Crippen LogP contribution is 2.22. The number of hydrogen-bond donors (Lipinski definition) is 1. The second-order valence-corrected chi connectivity index (χ2v) is 5.97. The van der Waals surface area contributed by atoms with E-state index in [0.29, 0.717) is 11.7 Å². The molecule has 2 heterocycles. The molecule has 1 N–H and O–H groups in total. The number of aryl methyl sites for hydroxylation is 1. The average Bonchev–Trinajstić information content (AvgIpc) is 2.82. The Kier molecular flexibility index (Phi) is 4.95. The standard InChI is InChI=1S/C14H18N4O2S/c1-9(2)13-16-17-14(21-8-12(19)20)18(13)7-11-10(3)5-4-6-15-11/h4-6,9H,7-8H2,1-3H3,(H,19,20). The molecule has 2 aromatic heterocycles. The van der Waals surface area contributed by atoms with Crippen LogP contribution in [0, 0.1) is 6.92 Å². The van der Waals surface area contributed by atoms with Crippen molar-refractivity contribution in [3.05, 3.63) is 35.4 Å². The Morgan fingerprint density at radius 2 is 2.19 bits per heavy atom. The molecule has 0 spiro atoms. The molecule has 0 radical (unpaired) electrons. The minimum Gasteiger partial charge on any atom is -0.481 e. The van der Waals surface area contributed by atoms with Crippen molar-refractivity contribution in [2.75, 3.05) is 5.75 Å². The molecule has 0 bridgehead atoms. The van der Waals surface area contributed by atoms with Gasteiger partial charge in [-0.2, -0.15) is 0 Å². The fourth-order valence-corrected chi connectivity index (χ4v) is 2.61. The first-order valence-corrected chi connectivity index (χ1v) is 7.65. The number of nitrogens with zero attached hydrogens (tertiary/aromatic N) is 4. The van der Waals surface area contributed by atoms with Crippen LogP contribution in [0.5, 0.6) is 0 Å². The molecule has 112 valence electrons. The van der Waals surface area contributed by atoms with Gasteiger partial charge >= 0.3 is 5.97 Å². The van der Waals surface area contributed by atoms with Crippen molar-refractivity contribution in [2.24, 2.45) is 0 Å². The molecule has 0 aliphatic heterocycles. The first-order valence-electron chi connectivity index (χ1n) is 6.67. The van der Waals surface area contributed by atoms with Gasteiger partial charge in [0.2, 0.25) is 0 Å². The maximum absolute atomic E-state index is 10.7. The van der Waals surface area contributed by atoms with Crippen molar-refractivity contribution >= 4 is 17.7 Å². The predicted molar refractivity (Wildman–Crippen MR) is 80.5 cm³/mol. The van der Waals surface area contributed by atoms with E-state index in [9.17, 15) is 4.79 Å². The third kappa shape index (κ3) is 3.81. The molecule has 21 heavy (non-hydrogen) atoms. The number of carbonyl (C=O) groups is 1. The lowest BCUT2D eigenvalue weighted by Crippen LogP contribution is -2.11. The van der Waals surface area contributed by atoms with Gasteiger partial charge in [-0.25, -0.2) is 0 Å². The summed E-state index contributed by atoms with van der Waals surface area (Å²) in [6.07, 6.45) is 1.76. The molecule has 0 aliphatic carbocycles. The van der Waals surface area contributed by atoms with Gasteiger partial charge in [0.1, 0.15) is 5.82 Å². The number of rotatable bonds is 6. The van der Waals surface area contributed by atoms with Crippen LogP contribution in [0.1, 0.15) is 36.8 Å². The molecule has 2 aromatic rings. The zero-order valence-corrected chi connectivity index (χ0v) is 13.1. The Hall–Kier alpha value is -1.89. The zero-order valence-electron chi connectivity index (χ0n) is 12.3. The van der Waals surface area contributed by atoms with Gasteiger partial charge in [-0.1, -0.05) is 31.7 Å². The molecule has 0 unspecified atom stereocenters. The SMILES string of the molecule is Cc1cccnc1Cn1c(SCC(=O)O)nnc1C(C)C. The molecule has 0 saturated heterocycles. The molecule has 0 atom stereocenters. The van der Waals surface area contributed by atoms with Crippen molar-refractivity contribution in [1.29, 1.82) is 0 Å². The summed E-state index contributed by atoms with van der Waals surface area (Å²) in [6, 6.07) is 3.90. The lowest BCUT2D eigenvalue weighted by atomic mass is 10.2. The van der Waals surface area contributed by atoms with E-state index >= 15 is 0 Å². The van der Waals surface area contributed by atoms with Crippen LogP contribution in [0.15, 0.2) is 23.5 Å². The minimum atomic E-state index is -0.866. The van der Waals surface area contributed by atoms with E-state index in [1.165, 1.54) is 11.8 Å². The van der Waals surface area contributed by atoms with E-state index in [-0.39, 0.29) is 11.7 Å². The summed E-state index contributed by atoms with van der Waals surface area (Å²) in [5, 5.41) is 17.8. The number of pyridine rings is 1. The van der Waals surface area contributed by atoms with Gasteiger partial charge in [-0.3, -0.25) is 14.3 Å². The van der Waals surface area contributed by atoms with Crippen LogP contribution in [0.25, 0.3) is 0 Å². The van der Waals surface area contributed by atoms with Crippen LogP contribution in [-0.4, -0.2) is 36.6 Å². The van der Waals surface area contributed by atoms with Gasteiger partial charge in [0.25, 0.3) is 0 Å². The maximum Gasteiger partial charge on any atom is 0.313 e. The Bertz CT molecular complexity index is 640. The molecule has 0 amide bonds. The van der Waals surface area contributed by atoms with Gasteiger partial charge in [0, 0.05) is 12.1 Å². The third-order valence-electron chi connectivity index (χ3n) is 3.01. The van der Waals surface area contributed by atoms with Crippen molar-refractivity contribution in [3.63, 3.8) is 0 Å². The summed E-state index contributed by atoms with van der Waals surface area (Å²) < 4.78 is 1.95. The second-order valence-electron chi connectivity index (χ2n) is 5.03. The highest BCUT2D eigenvalue weighted by atomic mass is 32.2. The van der Waals surface area contributed by atoms with Gasteiger partial charge in [0.05, 0.1) is 18.0 Å². The number of carboxylic acids is 1. The summed E-state index contributed by atoms with van der Waals surface area (Å²) in [4.78, 5) is 15.1. The number of aliphatic carboxylic acids is 1. The zero-order chi connectivity index (χ0) is 15.4. The maximum atomic E-state index is 10.7. The normalized spacial score (nSPS) is 11.0. The Labute approximate surface area is 127 Å². The predicted octanol–water partition coefficient (Wildman–Crippen LogP) is 2.33. The van der Waals surface area contributed by atoms with Gasteiger partial charge in [-0.05, 0) is 18.6 Å². The van der Waals surface area contributed by atoms with Crippen LogP contribution >= 0.6 is 11.8 Å². The Balaban J connectivity index is 2.32. The monoisotopic (exact) mass is 306 g/mol. The smallest absolute Gasteiger partial charge is 0.313 e. The molecule has 0 aromatic carbocycles. The lowest BCUT2D eigenvalue weighted by Gasteiger charge is -2.12. The van der Waals surface area contributed by atoms with E-state index in [1.54, 1.807) is 6.20 Å². The number of hydrogen-bond acceptors (Lipinski definition) is 5. The quantitative estimate of drug-likeness (QED) is 0.825. The highest BCUT2D eigenvalue weighted by molar-refractivity contribution is 7.99. The second kappa shape index (κ2) is 6.71. The highest BCUT2D eigenvalue weighted by Gasteiger charge is 2.17. The Morgan fingerprint density at radius 3 is 2.81 bits per heavy atom. The van der Waals surface area contributed by atoms with Gasteiger partial charge in [-0.15, -0.1) is 10.2 Å². The summed E-state index contributed by atoms with van der Waals surface area (Å²) >= 11 is 1.18. The number of thioether (sulfide) groups is 1. The minimum absolute atomic E-state index is 0.0303.